The van der Waals surface area contributed by atoms with Crippen molar-refractivity contribution in [3.05, 3.63) is 51.5 Å². The molecule has 0 amide bonds. The number of hydrogen-bond donors (Lipinski definition) is 1. The predicted octanol–water partition coefficient (Wildman–Crippen LogP) is 3.38. The van der Waals surface area contributed by atoms with E-state index in [4.69, 9.17) is 0 Å². The van der Waals surface area contributed by atoms with E-state index in [0.29, 0.717) is 5.92 Å². The van der Waals surface area contributed by atoms with Gasteiger partial charge in [-0.1, -0.05) is 29.8 Å². The third-order valence-electron chi connectivity index (χ3n) is 3.27. The SMILES string of the molecule is CNCC(Cc1ccc(C)cc1)Cc1nc(C)cs1. The highest BCUT2D eigenvalue weighted by molar-refractivity contribution is 7.09. The summed E-state index contributed by atoms with van der Waals surface area (Å²) in [4.78, 5) is 4.58. The van der Waals surface area contributed by atoms with Crippen molar-refractivity contribution in [2.45, 2.75) is 26.7 Å². The highest BCUT2D eigenvalue weighted by Crippen LogP contribution is 2.18. The van der Waals surface area contributed by atoms with E-state index >= 15 is 0 Å². The molecule has 0 saturated carbocycles. The number of nitrogens with zero attached hydrogens (tertiary/aromatic N) is 1. The summed E-state index contributed by atoms with van der Waals surface area (Å²) in [6.45, 7) is 5.23. The Kier molecular flexibility index (Phi) is 5.11. The summed E-state index contributed by atoms with van der Waals surface area (Å²) in [6, 6.07) is 8.87. The van der Waals surface area contributed by atoms with Gasteiger partial charge in [0.15, 0.2) is 0 Å². The standard InChI is InChI=1S/C16H22N2S/c1-12-4-6-14(7-5-12)8-15(10-17-3)9-16-18-13(2)11-19-16/h4-7,11,15,17H,8-10H2,1-3H3. The molecule has 2 aromatic rings. The Balaban J connectivity index is 2.01. The van der Waals surface area contributed by atoms with Crippen LogP contribution in [0.2, 0.25) is 0 Å². The summed E-state index contributed by atoms with van der Waals surface area (Å²) in [5.41, 5.74) is 3.88. The van der Waals surface area contributed by atoms with Crippen molar-refractivity contribution in [2.24, 2.45) is 5.92 Å². The first-order valence-electron chi connectivity index (χ1n) is 6.78. The van der Waals surface area contributed by atoms with Crippen LogP contribution in [-0.2, 0) is 12.8 Å². The van der Waals surface area contributed by atoms with E-state index in [9.17, 15) is 0 Å². The molecule has 2 rings (SSSR count). The van der Waals surface area contributed by atoms with E-state index in [-0.39, 0.29) is 0 Å². The van der Waals surface area contributed by atoms with Gasteiger partial charge in [0.25, 0.3) is 0 Å². The smallest absolute Gasteiger partial charge is 0.0931 e. The quantitative estimate of drug-likeness (QED) is 0.873. The molecule has 1 aromatic heterocycles. The van der Waals surface area contributed by atoms with Crippen molar-refractivity contribution in [1.29, 1.82) is 0 Å². The highest BCUT2D eigenvalue weighted by atomic mass is 32.1. The van der Waals surface area contributed by atoms with Gasteiger partial charge < -0.3 is 5.32 Å². The molecule has 0 fully saturated rings. The summed E-state index contributed by atoms with van der Waals surface area (Å²) in [6.07, 6.45) is 2.17. The third-order valence-corrected chi connectivity index (χ3v) is 4.26. The van der Waals surface area contributed by atoms with E-state index in [1.807, 2.05) is 7.05 Å². The molecule has 2 nitrogen and oxygen atoms in total. The molecule has 0 spiro atoms. The fourth-order valence-corrected chi connectivity index (χ4v) is 3.19. The Labute approximate surface area is 119 Å². The molecule has 0 bridgehead atoms. The predicted molar refractivity (Wildman–Crippen MR) is 82.9 cm³/mol. The summed E-state index contributed by atoms with van der Waals surface area (Å²) in [7, 11) is 2.02. The van der Waals surface area contributed by atoms with Crippen LogP contribution in [0.1, 0.15) is 21.8 Å². The van der Waals surface area contributed by atoms with Crippen molar-refractivity contribution >= 4 is 11.3 Å². The molecule has 102 valence electrons. The minimum Gasteiger partial charge on any atom is -0.319 e. The maximum Gasteiger partial charge on any atom is 0.0931 e. The number of rotatable bonds is 6. The first-order valence-corrected chi connectivity index (χ1v) is 7.66. The van der Waals surface area contributed by atoms with E-state index in [1.54, 1.807) is 11.3 Å². The van der Waals surface area contributed by atoms with Gasteiger partial charge in [-0.2, -0.15) is 0 Å². The Morgan fingerprint density at radius 1 is 1.16 bits per heavy atom. The van der Waals surface area contributed by atoms with E-state index < -0.39 is 0 Å². The molecule has 0 aliphatic carbocycles. The second kappa shape index (κ2) is 6.83. The van der Waals surface area contributed by atoms with Crippen LogP contribution in [0.15, 0.2) is 29.6 Å². The zero-order valence-electron chi connectivity index (χ0n) is 11.9. The maximum absolute atomic E-state index is 4.58. The Hall–Kier alpha value is -1.19. The number of aryl methyl sites for hydroxylation is 2. The molecule has 0 aliphatic rings. The molecule has 0 aliphatic heterocycles. The average Bonchev–Trinajstić information content (AvgIpc) is 2.78. The van der Waals surface area contributed by atoms with Gasteiger partial charge in [-0.25, -0.2) is 4.98 Å². The van der Waals surface area contributed by atoms with Crippen molar-refractivity contribution in [3.63, 3.8) is 0 Å². The van der Waals surface area contributed by atoms with Gasteiger partial charge in [-0.05, 0) is 45.3 Å². The Bertz CT molecular complexity index is 502. The lowest BCUT2D eigenvalue weighted by Gasteiger charge is -2.15. The fraction of sp³-hybridized carbons (Fsp3) is 0.438. The summed E-state index contributed by atoms with van der Waals surface area (Å²) in [5, 5.41) is 6.69. The van der Waals surface area contributed by atoms with E-state index in [1.165, 1.54) is 16.1 Å². The summed E-state index contributed by atoms with van der Waals surface area (Å²) in [5.74, 6) is 0.609. The number of aromatic nitrogens is 1. The van der Waals surface area contributed by atoms with Crippen LogP contribution in [0.3, 0.4) is 0 Å². The molecule has 0 radical (unpaired) electrons. The van der Waals surface area contributed by atoms with Crippen LogP contribution in [-0.4, -0.2) is 18.6 Å². The van der Waals surface area contributed by atoms with Gasteiger partial charge in [0.1, 0.15) is 0 Å². The van der Waals surface area contributed by atoms with Gasteiger partial charge in [0.2, 0.25) is 0 Å². The number of nitrogens with one attached hydrogen (secondary N) is 1. The topological polar surface area (TPSA) is 24.9 Å². The van der Waals surface area contributed by atoms with Crippen LogP contribution >= 0.6 is 11.3 Å². The largest absolute Gasteiger partial charge is 0.319 e. The normalized spacial score (nSPS) is 12.6. The van der Waals surface area contributed by atoms with Crippen molar-refractivity contribution in [2.75, 3.05) is 13.6 Å². The molecule has 1 N–H and O–H groups in total. The van der Waals surface area contributed by atoms with Crippen molar-refractivity contribution in [3.8, 4) is 0 Å². The molecule has 1 heterocycles. The molecule has 1 atom stereocenters. The lowest BCUT2D eigenvalue weighted by Crippen LogP contribution is -2.22. The van der Waals surface area contributed by atoms with Gasteiger partial charge in [0, 0.05) is 17.5 Å². The zero-order chi connectivity index (χ0) is 13.7. The first-order chi connectivity index (χ1) is 9.17. The van der Waals surface area contributed by atoms with Gasteiger partial charge in [0.05, 0.1) is 5.01 Å². The van der Waals surface area contributed by atoms with E-state index in [2.05, 4.69) is 53.8 Å². The zero-order valence-corrected chi connectivity index (χ0v) is 12.8. The van der Waals surface area contributed by atoms with Gasteiger partial charge in [-0.15, -0.1) is 11.3 Å². The summed E-state index contributed by atoms with van der Waals surface area (Å²) < 4.78 is 0. The second-order valence-electron chi connectivity index (χ2n) is 5.20. The van der Waals surface area contributed by atoms with Crippen LogP contribution in [0.25, 0.3) is 0 Å². The molecule has 19 heavy (non-hydrogen) atoms. The number of hydrogen-bond acceptors (Lipinski definition) is 3. The lowest BCUT2D eigenvalue weighted by atomic mass is 9.96. The third kappa shape index (κ3) is 4.44. The monoisotopic (exact) mass is 274 g/mol. The molecule has 0 saturated heterocycles. The van der Waals surface area contributed by atoms with Crippen LogP contribution in [0.4, 0.5) is 0 Å². The van der Waals surface area contributed by atoms with Crippen LogP contribution in [0.5, 0.6) is 0 Å². The van der Waals surface area contributed by atoms with Gasteiger partial charge in [-0.3, -0.25) is 0 Å². The first kappa shape index (κ1) is 14.2. The summed E-state index contributed by atoms with van der Waals surface area (Å²) >= 11 is 1.78. The molecule has 1 aromatic carbocycles. The van der Waals surface area contributed by atoms with E-state index in [0.717, 1.165) is 25.1 Å². The molecular formula is C16H22N2S. The number of benzene rings is 1. The van der Waals surface area contributed by atoms with Crippen LogP contribution in [0, 0.1) is 19.8 Å². The lowest BCUT2D eigenvalue weighted by molar-refractivity contribution is 0.492. The maximum atomic E-state index is 4.58. The molecule has 3 heteroatoms. The Morgan fingerprint density at radius 3 is 2.47 bits per heavy atom. The number of thiazole rings is 1. The highest BCUT2D eigenvalue weighted by Gasteiger charge is 2.12. The molecular weight excluding hydrogens is 252 g/mol. The second-order valence-corrected chi connectivity index (χ2v) is 6.14. The van der Waals surface area contributed by atoms with Gasteiger partial charge >= 0.3 is 0 Å². The minimum absolute atomic E-state index is 0.609. The van der Waals surface area contributed by atoms with Crippen molar-refractivity contribution in [1.82, 2.24) is 10.3 Å². The average molecular weight is 274 g/mol. The Morgan fingerprint density at radius 2 is 1.89 bits per heavy atom. The van der Waals surface area contributed by atoms with Crippen LogP contribution < -0.4 is 5.32 Å². The minimum atomic E-state index is 0.609. The van der Waals surface area contributed by atoms with Crippen molar-refractivity contribution < 1.29 is 0 Å². The fourth-order valence-electron chi connectivity index (χ4n) is 2.31. The molecule has 1 unspecified atom stereocenters.